The molecular weight excluding hydrogens is 155 g/mol. The lowest BCUT2D eigenvalue weighted by atomic mass is 10.0. The Hall–Kier alpha value is -1.09. The van der Waals surface area contributed by atoms with Gasteiger partial charge in [0, 0.05) is 17.3 Å². The van der Waals surface area contributed by atoms with E-state index >= 15 is 0 Å². The van der Waals surface area contributed by atoms with E-state index in [4.69, 9.17) is 11.5 Å². The van der Waals surface area contributed by atoms with Gasteiger partial charge in [0.05, 0.1) is 0 Å². The van der Waals surface area contributed by atoms with Gasteiger partial charge in [0.15, 0.2) is 0 Å². The summed E-state index contributed by atoms with van der Waals surface area (Å²) in [7, 11) is 0. The summed E-state index contributed by atoms with van der Waals surface area (Å²) in [6.07, 6.45) is 0.709. The molecule has 0 aliphatic carbocycles. The van der Waals surface area contributed by atoms with E-state index < -0.39 is 0 Å². The molecule has 3 heteroatoms. The van der Waals surface area contributed by atoms with Gasteiger partial charge < -0.3 is 11.5 Å². The molecule has 1 rings (SSSR count). The van der Waals surface area contributed by atoms with Gasteiger partial charge in [-0.3, -0.25) is 0 Å². The Morgan fingerprint density at radius 3 is 2.75 bits per heavy atom. The van der Waals surface area contributed by atoms with Gasteiger partial charge in [-0.15, -0.1) is 0 Å². The number of hydrogen-bond donors (Lipinski definition) is 2. The highest BCUT2D eigenvalue weighted by atomic mass is 19.1. The van der Waals surface area contributed by atoms with Crippen LogP contribution >= 0.6 is 0 Å². The first-order valence-corrected chi connectivity index (χ1v) is 3.95. The van der Waals surface area contributed by atoms with E-state index in [9.17, 15) is 4.39 Å². The Balaban J connectivity index is 3.04. The third kappa shape index (κ3) is 1.74. The summed E-state index contributed by atoms with van der Waals surface area (Å²) >= 11 is 0. The number of rotatable bonds is 2. The summed E-state index contributed by atoms with van der Waals surface area (Å²) < 4.78 is 13.1. The average Bonchev–Trinajstić information content (AvgIpc) is 2.08. The normalized spacial score (nSPS) is 12.9. The summed E-state index contributed by atoms with van der Waals surface area (Å²) in [4.78, 5) is 0. The fourth-order valence-corrected chi connectivity index (χ4v) is 1.07. The predicted molar refractivity (Wildman–Crippen MR) is 48.0 cm³/mol. The molecule has 0 heterocycles. The van der Waals surface area contributed by atoms with Crippen molar-refractivity contribution in [1.29, 1.82) is 0 Å². The van der Waals surface area contributed by atoms with Crippen molar-refractivity contribution in [2.45, 2.75) is 19.4 Å². The quantitative estimate of drug-likeness (QED) is 0.662. The van der Waals surface area contributed by atoms with Crippen molar-refractivity contribution in [2.75, 3.05) is 5.73 Å². The van der Waals surface area contributed by atoms with E-state index in [-0.39, 0.29) is 11.9 Å². The molecule has 0 aliphatic rings. The molecule has 2 nitrogen and oxygen atoms in total. The monoisotopic (exact) mass is 168 g/mol. The molecule has 0 aromatic heterocycles. The number of nitrogen functional groups attached to an aromatic ring is 1. The molecule has 1 aromatic carbocycles. The maximum Gasteiger partial charge on any atom is 0.128 e. The number of halogens is 1. The Kier molecular flexibility index (Phi) is 2.65. The Morgan fingerprint density at radius 1 is 1.50 bits per heavy atom. The van der Waals surface area contributed by atoms with Crippen molar-refractivity contribution >= 4 is 5.69 Å². The highest BCUT2D eigenvalue weighted by Crippen LogP contribution is 2.19. The van der Waals surface area contributed by atoms with Gasteiger partial charge in [-0.2, -0.15) is 0 Å². The number of benzene rings is 1. The third-order valence-corrected chi connectivity index (χ3v) is 1.86. The SMILES string of the molecule is CC[C@H](N)c1cc(N)ccc1F. The van der Waals surface area contributed by atoms with Crippen molar-refractivity contribution < 1.29 is 4.39 Å². The summed E-state index contributed by atoms with van der Waals surface area (Å²) in [6, 6.07) is 4.21. The molecule has 0 amide bonds. The fraction of sp³-hybridized carbons (Fsp3) is 0.333. The van der Waals surface area contributed by atoms with Crippen LogP contribution in [0.5, 0.6) is 0 Å². The largest absolute Gasteiger partial charge is 0.399 e. The van der Waals surface area contributed by atoms with Crippen LogP contribution in [0.3, 0.4) is 0 Å². The van der Waals surface area contributed by atoms with E-state index in [0.717, 1.165) is 0 Å². The molecule has 1 atom stereocenters. The van der Waals surface area contributed by atoms with Crippen LogP contribution in [-0.2, 0) is 0 Å². The lowest BCUT2D eigenvalue weighted by molar-refractivity contribution is 0.576. The van der Waals surface area contributed by atoms with Crippen LogP contribution in [0.1, 0.15) is 24.9 Å². The second-order valence-electron chi connectivity index (χ2n) is 2.80. The number of hydrogen-bond acceptors (Lipinski definition) is 2. The molecule has 12 heavy (non-hydrogen) atoms. The van der Waals surface area contributed by atoms with Crippen molar-refractivity contribution in [3.63, 3.8) is 0 Å². The summed E-state index contributed by atoms with van der Waals surface area (Å²) in [5, 5.41) is 0. The molecule has 0 unspecified atom stereocenters. The van der Waals surface area contributed by atoms with E-state index in [1.54, 1.807) is 6.07 Å². The van der Waals surface area contributed by atoms with Gasteiger partial charge in [0.25, 0.3) is 0 Å². The second-order valence-corrected chi connectivity index (χ2v) is 2.80. The highest BCUT2D eigenvalue weighted by Gasteiger charge is 2.08. The van der Waals surface area contributed by atoms with E-state index in [1.807, 2.05) is 6.92 Å². The van der Waals surface area contributed by atoms with Crippen LogP contribution in [0, 0.1) is 5.82 Å². The molecule has 4 N–H and O–H groups in total. The number of anilines is 1. The summed E-state index contributed by atoms with van der Waals surface area (Å²) in [6.45, 7) is 1.91. The van der Waals surface area contributed by atoms with Gasteiger partial charge in [0.1, 0.15) is 5.82 Å². The smallest absolute Gasteiger partial charge is 0.128 e. The van der Waals surface area contributed by atoms with Gasteiger partial charge in [-0.25, -0.2) is 4.39 Å². The van der Waals surface area contributed by atoms with Crippen molar-refractivity contribution in [1.82, 2.24) is 0 Å². The second kappa shape index (κ2) is 3.54. The molecule has 0 saturated heterocycles. The molecule has 0 saturated carbocycles. The van der Waals surface area contributed by atoms with Crippen LogP contribution in [0.2, 0.25) is 0 Å². The standard InChI is InChI=1S/C9H13FN2/c1-2-9(12)7-5-6(11)3-4-8(7)10/h3-5,9H,2,11-12H2,1H3/t9-/m0/s1. The zero-order chi connectivity index (χ0) is 9.14. The first-order chi connectivity index (χ1) is 5.65. The van der Waals surface area contributed by atoms with Gasteiger partial charge in [-0.1, -0.05) is 6.92 Å². The van der Waals surface area contributed by atoms with Crippen LogP contribution in [0.15, 0.2) is 18.2 Å². The minimum atomic E-state index is -0.279. The average molecular weight is 168 g/mol. The Labute approximate surface area is 71.4 Å². The first-order valence-electron chi connectivity index (χ1n) is 3.95. The first kappa shape index (κ1) is 9.00. The van der Waals surface area contributed by atoms with Crippen molar-refractivity contribution in [3.8, 4) is 0 Å². The highest BCUT2D eigenvalue weighted by molar-refractivity contribution is 5.42. The Bertz CT molecular complexity index is 273. The third-order valence-electron chi connectivity index (χ3n) is 1.86. The molecule has 1 aromatic rings. The molecule has 0 fully saturated rings. The van der Waals surface area contributed by atoms with Gasteiger partial charge >= 0.3 is 0 Å². The summed E-state index contributed by atoms with van der Waals surface area (Å²) in [5.74, 6) is -0.279. The topological polar surface area (TPSA) is 52.0 Å². The van der Waals surface area contributed by atoms with Crippen LogP contribution in [0.25, 0.3) is 0 Å². The van der Waals surface area contributed by atoms with Crippen molar-refractivity contribution in [2.24, 2.45) is 5.73 Å². The molecular formula is C9H13FN2. The number of nitrogens with two attached hydrogens (primary N) is 2. The maximum absolute atomic E-state index is 13.1. The van der Waals surface area contributed by atoms with Crippen molar-refractivity contribution in [3.05, 3.63) is 29.6 Å². The van der Waals surface area contributed by atoms with Crippen LogP contribution in [-0.4, -0.2) is 0 Å². The molecule has 0 aliphatic heterocycles. The fourth-order valence-electron chi connectivity index (χ4n) is 1.07. The van der Waals surface area contributed by atoms with Crippen LogP contribution in [0.4, 0.5) is 10.1 Å². The minimum Gasteiger partial charge on any atom is -0.399 e. The van der Waals surface area contributed by atoms with E-state index in [2.05, 4.69) is 0 Å². The maximum atomic E-state index is 13.1. The zero-order valence-electron chi connectivity index (χ0n) is 7.05. The van der Waals surface area contributed by atoms with Crippen LogP contribution < -0.4 is 11.5 Å². The van der Waals surface area contributed by atoms with E-state index in [1.165, 1.54) is 12.1 Å². The minimum absolute atomic E-state index is 0.256. The van der Waals surface area contributed by atoms with Gasteiger partial charge in [-0.05, 0) is 24.6 Å². The molecule has 0 spiro atoms. The zero-order valence-corrected chi connectivity index (χ0v) is 7.05. The van der Waals surface area contributed by atoms with Gasteiger partial charge in [0.2, 0.25) is 0 Å². The molecule has 66 valence electrons. The Morgan fingerprint density at radius 2 is 2.17 bits per heavy atom. The summed E-state index contributed by atoms with van der Waals surface area (Å²) in [5.41, 5.74) is 12.2. The van der Waals surface area contributed by atoms with E-state index in [0.29, 0.717) is 17.7 Å². The molecule has 0 bridgehead atoms. The molecule has 0 radical (unpaired) electrons. The predicted octanol–water partition coefficient (Wildman–Crippen LogP) is 1.82. The lowest BCUT2D eigenvalue weighted by Crippen LogP contribution is -2.11. The lowest BCUT2D eigenvalue weighted by Gasteiger charge is -2.10.